The van der Waals surface area contributed by atoms with Gasteiger partial charge in [-0.2, -0.15) is 0 Å². The molecule has 0 aromatic heterocycles. The van der Waals surface area contributed by atoms with Crippen LogP contribution in [0.1, 0.15) is 27.0 Å². The molecule has 3 N–H and O–H groups in total. The average Bonchev–Trinajstić information content (AvgIpc) is 2.46. The van der Waals surface area contributed by atoms with Crippen LogP contribution in [0.3, 0.4) is 0 Å². The lowest BCUT2D eigenvalue weighted by atomic mass is 10.1. The third-order valence-corrected chi connectivity index (χ3v) is 3.28. The Hall–Kier alpha value is -2.20. The molecule has 0 aliphatic carbocycles. The van der Waals surface area contributed by atoms with E-state index in [1.54, 1.807) is 13.0 Å². The Morgan fingerprint density at radius 3 is 2.43 bits per heavy atom. The molecule has 3 nitrogen and oxygen atoms in total. The predicted molar refractivity (Wildman–Crippen MR) is 81.5 cm³/mol. The van der Waals surface area contributed by atoms with Crippen LogP contribution in [-0.4, -0.2) is 12.5 Å². The summed E-state index contributed by atoms with van der Waals surface area (Å²) in [7, 11) is 0. The molecule has 1 amide bonds. The summed E-state index contributed by atoms with van der Waals surface area (Å²) >= 11 is 0. The van der Waals surface area contributed by atoms with Gasteiger partial charge in [-0.05, 0) is 48.7 Å². The molecule has 4 heteroatoms. The quantitative estimate of drug-likeness (QED) is 0.887. The maximum absolute atomic E-state index is 13.7. The summed E-state index contributed by atoms with van der Waals surface area (Å²) in [6, 6.07) is 12.4. The fourth-order valence-corrected chi connectivity index (χ4v) is 2.07. The molecule has 2 rings (SSSR count). The van der Waals surface area contributed by atoms with Crippen LogP contribution < -0.4 is 11.1 Å². The summed E-state index contributed by atoms with van der Waals surface area (Å²) in [5.41, 5.74) is 8.49. The van der Waals surface area contributed by atoms with E-state index >= 15 is 0 Å². The van der Waals surface area contributed by atoms with E-state index in [-0.39, 0.29) is 5.56 Å². The molecular formula is C17H19FN2O. The Bertz CT molecular complexity index is 623. The Kier molecular flexibility index (Phi) is 5.06. The van der Waals surface area contributed by atoms with Gasteiger partial charge in [-0.25, -0.2) is 4.39 Å². The van der Waals surface area contributed by atoms with Crippen molar-refractivity contribution in [2.24, 2.45) is 5.73 Å². The fraction of sp³-hybridized carbons (Fsp3) is 0.235. The number of nitrogens with one attached hydrogen (secondary N) is 1. The van der Waals surface area contributed by atoms with Crippen LogP contribution in [0.25, 0.3) is 0 Å². The highest BCUT2D eigenvalue weighted by Gasteiger charge is 2.11. The number of aryl methyl sites for hydroxylation is 1. The highest BCUT2D eigenvalue weighted by molar-refractivity contribution is 5.94. The van der Waals surface area contributed by atoms with E-state index in [4.69, 9.17) is 5.73 Å². The van der Waals surface area contributed by atoms with Crippen LogP contribution >= 0.6 is 0 Å². The first-order valence-corrected chi connectivity index (χ1v) is 6.92. The molecule has 0 aliphatic heterocycles. The molecular weight excluding hydrogens is 267 g/mol. The number of amides is 1. The van der Waals surface area contributed by atoms with Crippen molar-refractivity contribution in [2.45, 2.75) is 19.9 Å². The molecule has 0 saturated heterocycles. The van der Waals surface area contributed by atoms with E-state index in [0.29, 0.717) is 13.1 Å². The lowest BCUT2D eigenvalue weighted by Gasteiger charge is -2.07. The number of carbonyl (C=O) groups is 1. The average molecular weight is 286 g/mol. The van der Waals surface area contributed by atoms with Crippen molar-refractivity contribution >= 4 is 5.91 Å². The molecule has 21 heavy (non-hydrogen) atoms. The van der Waals surface area contributed by atoms with Crippen molar-refractivity contribution in [2.75, 3.05) is 6.54 Å². The minimum atomic E-state index is -0.495. The molecule has 0 aliphatic rings. The van der Waals surface area contributed by atoms with E-state index in [1.807, 2.05) is 24.3 Å². The topological polar surface area (TPSA) is 55.1 Å². The monoisotopic (exact) mass is 286 g/mol. The summed E-state index contributed by atoms with van der Waals surface area (Å²) in [6.45, 7) is 2.77. The van der Waals surface area contributed by atoms with Gasteiger partial charge in [0.2, 0.25) is 0 Å². The molecule has 2 aromatic carbocycles. The molecule has 110 valence electrons. The maximum Gasteiger partial charge on any atom is 0.254 e. The summed E-state index contributed by atoms with van der Waals surface area (Å²) in [4.78, 5) is 12.0. The molecule has 0 spiro atoms. The third kappa shape index (κ3) is 4.13. The molecule has 0 heterocycles. The Morgan fingerprint density at radius 1 is 1.14 bits per heavy atom. The zero-order valence-corrected chi connectivity index (χ0v) is 12.0. The van der Waals surface area contributed by atoms with Gasteiger partial charge in [0, 0.05) is 6.54 Å². The first-order valence-electron chi connectivity index (χ1n) is 6.92. The molecule has 0 bridgehead atoms. The third-order valence-electron chi connectivity index (χ3n) is 3.28. The summed E-state index contributed by atoms with van der Waals surface area (Å²) < 4.78 is 13.7. The normalized spacial score (nSPS) is 10.4. The second-order valence-electron chi connectivity index (χ2n) is 5.02. The van der Waals surface area contributed by atoms with E-state index in [0.717, 1.165) is 23.1 Å². The van der Waals surface area contributed by atoms with Gasteiger partial charge in [-0.1, -0.05) is 30.3 Å². The second kappa shape index (κ2) is 6.99. The zero-order chi connectivity index (χ0) is 15.2. The minimum Gasteiger partial charge on any atom is -0.348 e. The van der Waals surface area contributed by atoms with Gasteiger partial charge in [0.1, 0.15) is 5.82 Å². The first-order chi connectivity index (χ1) is 10.1. The van der Waals surface area contributed by atoms with E-state index in [1.165, 1.54) is 12.1 Å². The SMILES string of the molecule is Cc1ccc(C(=O)NCc2ccc(CCN)cc2)c(F)c1. The van der Waals surface area contributed by atoms with Crippen LogP contribution in [-0.2, 0) is 13.0 Å². The Morgan fingerprint density at radius 2 is 1.81 bits per heavy atom. The number of halogens is 1. The molecule has 0 radical (unpaired) electrons. The summed E-state index contributed by atoms with van der Waals surface area (Å²) in [5.74, 6) is -0.899. The van der Waals surface area contributed by atoms with E-state index in [9.17, 15) is 9.18 Å². The highest BCUT2D eigenvalue weighted by atomic mass is 19.1. The zero-order valence-electron chi connectivity index (χ0n) is 12.0. The number of hydrogen-bond donors (Lipinski definition) is 2. The Balaban J connectivity index is 1.97. The van der Waals surface area contributed by atoms with Crippen LogP contribution in [0.15, 0.2) is 42.5 Å². The minimum absolute atomic E-state index is 0.0698. The lowest BCUT2D eigenvalue weighted by Crippen LogP contribution is -2.23. The van der Waals surface area contributed by atoms with Crippen LogP contribution in [0.5, 0.6) is 0 Å². The second-order valence-corrected chi connectivity index (χ2v) is 5.02. The standard InChI is InChI=1S/C17H19FN2O/c1-12-2-7-15(16(18)10-12)17(21)20-11-14-5-3-13(4-6-14)8-9-19/h2-7,10H,8-9,11,19H2,1H3,(H,20,21). The van der Waals surface area contributed by atoms with Crippen molar-refractivity contribution in [1.82, 2.24) is 5.32 Å². The van der Waals surface area contributed by atoms with Crippen LogP contribution in [0, 0.1) is 12.7 Å². The van der Waals surface area contributed by atoms with Gasteiger partial charge in [-0.3, -0.25) is 4.79 Å². The van der Waals surface area contributed by atoms with Crippen molar-refractivity contribution in [1.29, 1.82) is 0 Å². The molecule has 0 saturated carbocycles. The van der Waals surface area contributed by atoms with E-state index in [2.05, 4.69) is 5.32 Å². The highest BCUT2D eigenvalue weighted by Crippen LogP contribution is 2.10. The first kappa shape index (κ1) is 15.2. The Labute approximate surface area is 124 Å². The number of rotatable bonds is 5. The molecule has 0 atom stereocenters. The van der Waals surface area contributed by atoms with Crippen molar-refractivity contribution < 1.29 is 9.18 Å². The van der Waals surface area contributed by atoms with Gasteiger partial charge in [-0.15, -0.1) is 0 Å². The fourth-order valence-electron chi connectivity index (χ4n) is 2.07. The van der Waals surface area contributed by atoms with Crippen LogP contribution in [0.2, 0.25) is 0 Å². The lowest BCUT2D eigenvalue weighted by molar-refractivity contribution is 0.0947. The predicted octanol–water partition coefficient (Wildman–Crippen LogP) is 2.57. The smallest absolute Gasteiger partial charge is 0.254 e. The van der Waals surface area contributed by atoms with Crippen LogP contribution in [0.4, 0.5) is 4.39 Å². The van der Waals surface area contributed by atoms with Gasteiger partial charge >= 0.3 is 0 Å². The molecule has 2 aromatic rings. The maximum atomic E-state index is 13.7. The number of carbonyl (C=O) groups excluding carboxylic acids is 1. The molecule has 0 fully saturated rings. The number of benzene rings is 2. The van der Waals surface area contributed by atoms with Crippen molar-refractivity contribution in [3.8, 4) is 0 Å². The van der Waals surface area contributed by atoms with Gasteiger partial charge in [0.15, 0.2) is 0 Å². The largest absolute Gasteiger partial charge is 0.348 e. The van der Waals surface area contributed by atoms with Gasteiger partial charge in [0.05, 0.1) is 5.56 Å². The number of nitrogens with two attached hydrogens (primary N) is 1. The van der Waals surface area contributed by atoms with E-state index < -0.39 is 11.7 Å². The van der Waals surface area contributed by atoms with Gasteiger partial charge < -0.3 is 11.1 Å². The van der Waals surface area contributed by atoms with Crippen molar-refractivity contribution in [3.05, 3.63) is 70.5 Å². The summed E-state index contributed by atoms with van der Waals surface area (Å²) in [5, 5.41) is 2.72. The summed E-state index contributed by atoms with van der Waals surface area (Å²) in [6.07, 6.45) is 0.835. The number of hydrogen-bond acceptors (Lipinski definition) is 2. The van der Waals surface area contributed by atoms with Crippen molar-refractivity contribution in [3.63, 3.8) is 0 Å². The molecule has 0 unspecified atom stereocenters. The van der Waals surface area contributed by atoms with Gasteiger partial charge in [0.25, 0.3) is 5.91 Å².